The normalized spacial score (nSPS) is 21.4. The molecule has 6 rings (SSSR count). The number of amides is 1. The number of piperidine rings is 1. The van der Waals surface area contributed by atoms with Crippen LogP contribution in [-0.4, -0.2) is 50.5 Å². The maximum atomic E-state index is 12.9. The minimum atomic E-state index is -0.492. The van der Waals surface area contributed by atoms with Gasteiger partial charge >= 0.3 is 5.76 Å². The summed E-state index contributed by atoms with van der Waals surface area (Å²) in [5.74, 6) is 0.373. The molecular formula is C19H19N5O3. The molecule has 2 atom stereocenters. The highest BCUT2D eigenvalue weighted by molar-refractivity contribution is 5.81. The van der Waals surface area contributed by atoms with Crippen molar-refractivity contribution in [1.82, 2.24) is 19.4 Å². The second-order valence-electron chi connectivity index (χ2n) is 7.19. The van der Waals surface area contributed by atoms with Crippen LogP contribution < -0.4 is 10.7 Å². The Morgan fingerprint density at radius 2 is 2.00 bits per heavy atom. The molecule has 2 bridgehead atoms. The van der Waals surface area contributed by atoms with E-state index in [4.69, 9.17) is 4.42 Å². The number of fused-ring (bicyclic) bond motifs is 3. The smallest absolute Gasteiger partial charge is 0.408 e. The monoisotopic (exact) mass is 365 g/mol. The highest BCUT2D eigenvalue weighted by Crippen LogP contribution is 2.34. The fourth-order valence-corrected chi connectivity index (χ4v) is 4.20. The molecule has 0 spiro atoms. The lowest BCUT2D eigenvalue weighted by molar-refractivity contribution is -0.146. The summed E-state index contributed by atoms with van der Waals surface area (Å²) in [7, 11) is 0. The Balaban J connectivity index is 1.33. The van der Waals surface area contributed by atoms with E-state index in [-0.39, 0.29) is 24.5 Å². The van der Waals surface area contributed by atoms with Gasteiger partial charge in [0.15, 0.2) is 5.58 Å². The van der Waals surface area contributed by atoms with Crippen molar-refractivity contribution in [1.29, 1.82) is 0 Å². The Labute approximate surface area is 155 Å². The summed E-state index contributed by atoms with van der Waals surface area (Å²) in [5.41, 5.74) is 2.09. The summed E-state index contributed by atoms with van der Waals surface area (Å²) in [6, 6.07) is 9.44. The number of aromatic nitrogens is 3. The average Bonchev–Trinajstić information content (AvgIpc) is 2.97. The van der Waals surface area contributed by atoms with E-state index in [2.05, 4.69) is 14.9 Å². The van der Waals surface area contributed by atoms with Crippen LogP contribution in [0.4, 0.5) is 5.82 Å². The van der Waals surface area contributed by atoms with Crippen LogP contribution in [0, 0.1) is 6.92 Å². The number of oxazole rings is 1. The summed E-state index contributed by atoms with van der Waals surface area (Å²) in [6.07, 6.45) is 2.57. The van der Waals surface area contributed by atoms with Crippen LogP contribution >= 0.6 is 0 Å². The quantitative estimate of drug-likeness (QED) is 0.693. The predicted octanol–water partition coefficient (Wildman–Crippen LogP) is 1.18. The summed E-state index contributed by atoms with van der Waals surface area (Å²) < 4.78 is 6.64. The number of carbonyl (C=O) groups is 1. The summed E-state index contributed by atoms with van der Waals surface area (Å²) in [5, 5.41) is 0. The van der Waals surface area contributed by atoms with Gasteiger partial charge in [0.2, 0.25) is 5.91 Å². The number of anilines is 1. The molecule has 2 unspecified atom stereocenters. The van der Waals surface area contributed by atoms with E-state index in [0.29, 0.717) is 11.1 Å². The molecule has 5 heterocycles. The fourth-order valence-electron chi connectivity index (χ4n) is 4.20. The molecule has 0 N–H and O–H groups in total. The van der Waals surface area contributed by atoms with E-state index < -0.39 is 5.76 Å². The van der Waals surface area contributed by atoms with Crippen molar-refractivity contribution in [3.05, 3.63) is 52.9 Å². The molecule has 3 aliphatic rings. The molecular weight excluding hydrogens is 346 g/mol. The largest absolute Gasteiger partial charge is 0.420 e. The van der Waals surface area contributed by atoms with Crippen LogP contribution in [-0.2, 0) is 11.3 Å². The van der Waals surface area contributed by atoms with Gasteiger partial charge in [0.1, 0.15) is 18.7 Å². The number of hydrogen-bond donors (Lipinski definition) is 0. The van der Waals surface area contributed by atoms with Crippen LogP contribution in [0.25, 0.3) is 11.1 Å². The molecule has 3 saturated heterocycles. The van der Waals surface area contributed by atoms with Crippen LogP contribution in [0.3, 0.4) is 0 Å². The first-order valence-corrected chi connectivity index (χ1v) is 9.03. The van der Waals surface area contributed by atoms with Crippen molar-refractivity contribution in [2.75, 3.05) is 18.0 Å². The molecule has 0 saturated carbocycles. The molecule has 138 valence electrons. The molecule has 27 heavy (non-hydrogen) atoms. The van der Waals surface area contributed by atoms with Gasteiger partial charge in [0.25, 0.3) is 0 Å². The molecule has 2 aromatic heterocycles. The lowest BCUT2D eigenvalue weighted by Gasteiger charge is -2.56. The van der Waals surface area contributed by atoms with Crippen molar-refractivity contribution in [3.63, 3.8) is 0 Å². The number of rotatable bonds is 3. The lowest BCUT2D eigenvalue weighted by atomic mass is 9.87. The zero-order valence-corrected chi connectivity index (χ0v) is 14.9. The van der Waals surface area contributed by atoms with Crippen molar-refractivity contribution in [3.8, 4) is 0 Å². The molecule has 0 aliphatic carbocycles. The third kappa shape index (κ3) is 2.59. The van der Waals surface area contributed by atoms with Crippen molar-refractivity contribution in [2.45, 2.75) is 32.0 Å². The van der Waals surface area contributed by atoms with Gasteiger partial charge < -0.3 is 14.2 Å². The number of aryl methyl sites for hydroxylation is 1. The molecule has 0 radical (unpaired) electrons. The average molecular weight is 365 g/mol. The summed E-state index contributed by atoms with van der Waals surface area (Å²) in [4.78, 5) is 37.6. The van der Waals surface area contributed by atoms with Crippen LogP contribution in [0.1, 0.15) is 12.1 Å². The zero-order valence-electron chi connectivity index (χ0n) is 14.9. The SMILES string of the molecule is Cc1cc(N2CC3CC(C2)N3C(=O)Cn2c(=O)oc3ccccc32)ncn1. The molecule has 1 aromatic carbocycles. The van der Waals surface area contributed by atoms with Gasteiger partial charge in [-0.3, -0.25) is 9.36 Å². The second-order valence-corrected chi connectivity index (χ2v) is 7.19. The third-order valence-electron chi connectivity index (χ3n) is 5.46. The number of carbonyl (C=O) groups excluding carboxylic acids is 1. The Morgan fingerprint density at radius 1 is 1.22 bits per heavy atom. The summed E-state index contributed by atoms with van der Waals surface area (Å²) in [6.45, 7) is 3.45. The van der Waals surface area contributed by atoms with E-state index in [1.54, 1.807) is 24.5 Å². The third-order valence-corrected chi connectivity index (χ3v) is 5.46. The highest BCUT2D eigenvalue weighted by atomic mass is 16.4. The maximum Gasteiger partial charge on any atom is 0.420 e. The molecule has 8 heteroatoms. The molecule has 8 nitrogen and oxygen atoms in total. The molecule has 1 amide bonds. The predicted molar refractivity (Wildman–Crippen MR) is 98.5 cm³/mol. The first-order valence-electron chi connectivity index (χ1n) is 9.03. The van der Waals surface area contributed by atoms with Gasteiger partial charge in [-0.2, -0.15) is 0 Å². The van der Waals surface area contributed by atoms with Crippen LogP contribution in [0.2, 0.25) is 0 Å². The number of benzene rings is 1. The van der Waals surface area contributed by atoms with Crippen molar-refractivity contribution < 1.29 is 9.21 Å². The van der Waals surface area contributed by atoms with E-state index in [9.17, 15) is 9.59 Å². The van der Waals surface area contributed by atoms with E-state index in [1.165, 1.54) is 4.57 Å². The fraction of sp³-hybridized carbons (Fsp3) is 0.368. The van der Waals surface area contributed by atoms with Crippen molar-refractivity contribution >= 4 is 22.8 Å². The van der Waals surface area contributed by atoms with Crippen LogP contribution in [0.15, 0.2) is 45.9 Å². The molecule has 3 aromatic rings. The number of para-hydroxylation sites is 2. The maximum absolute atomic E-state index is 12.9. The van der Waals surface area contributed by atoms with E-state index in [0.717, 1.165) is 31.0 Å². The molecule has 3 aliphatic heterocycles. The van der Waals surface area contributed by atoms with Crippen LogP contribution in [0.5, 0.6) is 0 Å². The zero-order chi connectivity index (χ0) is 18.5. The lowest BCUT2D eigenvalue weighted by Crippen LogP contribution is -2.70. The van der Waals surface area contributed by atoms with Gasteiger partial charge in [-0.15, -0.1) is 0 Å². The Bertz CT molecular complexity index is 1080. The Kier molecular flexibility index (Phi) is 3.53. The van der Waals surface area contributed by atoms with Gasteiger partial charge in [-0.1, -0.05) is 12.1 Å². The molecule has 3 fully saturated rings. The van der Waals surface area contributed by atoms with Gasteiger partial charge in [0.05, 0.1) is 17.6 Å². The van der Waals surface area contributed by atoms with E-state index in [1.807, 2.05) is 24.0 Å². The Hall–Kier alpha value is -3.16. The standard InChI is InChI=1S/C19H19N5O3/c1-12-6-17(21-11-20-12)22-8-13-7-14(9-22)24(13)18(25)10-23-15-4-2-3-5-16(15)27-19(23)26/h2-6,11,13-14H,7-10H2,1H3. The minimum Gasteiger partial charge on any atom is -0.408 e. The Morgan fingerprint density at radius 3 is 2.78 bits per heavy atom. The highest BCUT2D eigenvalue weighted by Gasteiger charge is 2.47. The van der Waals surface area contributed by atoms with E-state index >= 15 is 0 Å². The van der Waals surface area contributed by atoms with Crippen molar-refractivity contribution in [2.24, 2.45) is 0 Å². The second kappa shape index (κ2) is 5.94. The minimum absolute atomic E-state index is 0.00939. The first kappa shape index (κ1) is 16.0. The number of piperazine rings is 1. The van der Waals surface area contributed by atoms with Gasteiger partial charge in [-0.05, 0) is 25.5 Å². The van der Waals surface area contributed by atoms with Gasteiger partial charge in [-0.25, -0.2) is 14.8 Å². The number of hydrogen-bond acceptors (Lipinski definition) is 6. The number of nitrogens with zero attached hydrogens (tertiary/aromatic N) is 5. The summed E-state index contributed by atoms with van der Waals surface area (Å²) >= 11 is 0. The first-order chi connectivity index (χ1) is 13.1. The van der Waals surface area contributed by atoms with Gasteiger partial charge in [0, 0.05) is 24.8 Å². The topological polar surface area (TPSA) is 84.5 Å².